The Kier molecular flexibility index (Phi) is 8.43. The third-order valence-electron chi connectivity index (χ3n) is 5.29. The third-order valence-corrected chi connectivity index (χ3v) is 5.29. The molecule has 0 atom stereocenters. The van der Waals surface area contributed by atoms with Crippen LogP contribution in [0.4, 0.5) is 0 Å². The highest BCUT2D eigenvalue weighted by Gasteiger charge is 2.17. The Bertz CT molecular complexity index is 1280. The molecular formula is C27H27NO6. The Balaban J connectivity index is 0.00000103. The minimum Gasteiger partial charge on any atom is -0.485 e. The predicted octanol–water partition coefficient (Wildman–Crippen LogP) is 5.19. The van der Waals surface area contributed by atoms with Crippen molar-refractivity contribution in [2.24, 2.45) is 5.73 Å². The molecule has 0 saturated carbocycles. The molecule has 3 N–H and O–H groups in total. The fourth-order valence-electron chi connectivity index (χ4n) is 3.68. The Hall–Kier alpha value is -4.10. The summed E-state index contributed by atoms with van der Waals surface area (Å²) in [7, 11) is 1.38. The quantitative estimate of drug-likeness (QED) is 0.288. The summed E-state index contributed by atoms with van der Waals surface area (Å²) in [6.07, 6.45) is 0.889. The molecule has 34 heavy (non-hydrogen) atoms. The maximum Gasteiger partial charge on any atom is 0.337 e. The van der Waals surface area contributed by atoms with Crippen molar-refractivity contribution in [3.63, 3.8) is 0 Å². The van der Waals surface area contributed by atoms with E-state index in [-0.39, 0.29) is 6.47 Å². The van der Waals surface area contributed by atoms with Gasteiger partial charge >= 0.3 is 5.97 Å². The van der Waals surface area contributed by atoms with Crippen molar-refractivity contribution in [1.82, 2.24) is 0 Å². The lowest BCUT2D eigenvalue weighted by Gasteiger charge is -2.09. The molecular weight excluding hydrogens is 434 g/mol. The van der Waals surface area contributed by atoms with Gasteiger partial charge in [0.05, 0.1) is 12.7 Å². The molecule has 0 radical (unpaired) electrons. The van der Waals surface area contributed by atoms with Crippen molar-refractivity contribution in [3.8, 4) is 16.9 Å². The van der Waals surface area contributed by atoms with E-state index in [0.29, 0.717) is 30.1 Å². The summed E-state index contributed by atoms with van der Waals surface area (Å²) in [4.78, 5) is 20.6. The van der Waals surface area contributed by atoms with Crippen molar-refractivity contribution in [1.29, 1.82) is 0 Å². The minimum absolute atomic E-state index is 0.250. The zero-order valence-electron chi connectivity index (χ0n) is 19.1. The molecule has 0 aliphatic heterocycles. The summed E-state index contributed by atoms with van der Waals surface area (Å²) in [5.74, 6) is 1.13. The number of esters is 1. The number of carbonyl (C=O) groups is 2. The molecule has 0 aliphatic rings. The number of carboxylic acid groups (broad SMARTS) is 1. The number of rotatable bonds is 7. The van der Waals surface area contributed by atoms with Crippen LogP contribution in [0.1, 0.15) is 34.2 Å². The molecule has 4 aromatic rings. The van der Waals surface area contributed by atoms with Crippen LogP contribution in [0.5, 0.6) is 5.75 Å². The highest BCUT2D eigenvalue weighted by molar-refractivity contribution is 6.01. The van der Waals surface area contributed by atoms with Gasteiger partial charge in [0.2, 0.25) is 0 Å². The number of hydrogen-bond acceptors (Lipinski definition) is 6. The molecule has 0 fully saturated rings. The van der Waals surface area contributed by atoms with Crippen LogP contribution in [0.3, 0.4) is 0 Å². The average molecular weight is 462 g/mol. The lowest BCUT2D eigenvalue weighted by molar-refractivity contribution is -0.122. The van der Waals surface area contributed by atoms with Crippen molar-refractivity contribution >= 4 is 23.4 Å². The summed E-state index contributed by atoms with van der Waals surface area (Å²) in [6.45, 7) is 2.57. The molecule has 7 heteroatoms. The molecule has 0 amide bonds. The maximum atomic E-state index is 12.3. The number of benzene rings is 3. The zero-order valence-corrected chi connectivity index (χ0v) is 19.1. The number of para-hydroxylation sites is 1. The van der Waals surface area contributed by atoms with Crippen LogP contribution in [0, 0.1) is 0 Å². The molecule has 0 unspecified atom stereocenters. The molecule has 1 heterocycles. The van der Waals surface area contributed by atoms with Crippen LogP contribution in [-0.2, 0) is 29.1 Å². The van der Waals surface area contributed by atoms with E-state index in [1.807, 2.05) is 48.5 Å². The first-order valence-electron chi connectivity index (χ1n) is 10.8. The van der Waals surface area contributed by atoms with Crippen LogP contribution in [0.25, 0.3) is 22.1 Å². The molecule has 176 valence electrons. The topological polar surface area (TPSA) is 112 Å². The first-order chi connectivity index (χ1) is 16.5. The van der Waals surface area contributed by atoms with E-state index >= 15 is 0 Å². The lowest BCUT2D eigenvalue weighted by atomic mass is 9.99. The fourth-order valence-corrected chi connectivity index (χ4v) is 3.68. The monoisotopic (exact) mass is 461 g/mol. The third kappa shape index (κ3) is 5.63. The van der Waals surface area contributed by atoms with Crippen molar-refractivity contribution in [2.45, 2.75) is 26.5 Å². The molecule has 4 rings (SSSR count). The van der Waals surface area contributed by atoms with Gasteiger partial charge in [-0.15, -0.1) is 0 Å². The van der Waals surface area contributed by atoms with Gasteiger partial charge in [-0.25, -0.2) is 4.79 Å². The number of fused-ring (bicyclic) bond motifs is 1. The summed E-state index contributed by atoms with van der Waals surface area (Å²) < 4.78 is 17.1. The van der Waals surface area contributed by atoms with Crippen molar-refractivity contribution in [2.75, 3.05) is 7.11 Å². The highest BCUT2D eigenvalue weighted by Crippen LogP contribution is 2.34. The number of hydrogen-bond donors (Lipinski definition) is 2. The standard InChI is InChI=1S/C26H25NO4.CH2O2/c1-3-18-8-4-5-10-24(18)30-16-22-13-20-12-21(26(28)29-2)14-23(25(20)31-22)19-9-6-7-17(11-19)15-27;2-1-3/h4-14H,3,15-16,27H2,1-2H3;1H,(H,2,3). The van der Waals surface area contributed by atoms with E-state index in [1.54, 1.807) is 12.1 Å². The largest absolute Gasteiger partial charge is 0.485 e. The Morgan fingerprint density at radius 3 is 2.56 bits per heavy atom. The van der Waals surface area contributed by atoms with Crippen LogP contribution in [0.2, 0.25) is 0 Å². The van der Waals surface area contributed by atoms with Gasteiger partial charge in [0.15, 0.2) is 0 Å². The van der Waals surface area contributed by atoms with Crippen LogP contribution in [-0.4, -0.2) is 24.7 Å². The second-order valence-corrected chi connectivity index (χ2v) is 7.41. The second-order valence-electron chi connectivity index (χ2n) is 7.41. The minimum atomic E-state index is -0.394. The molecule has 0 spiro atoms. The summed E-state index contributed by atoms with van der Waals surface area (Å²) >= 11 is 0. The summed E-state index contributed by atoms with van der Waals surface area (Å²) in [6, 6.07) is 21.4. The molecule has 7 nitrogen and oxygen atoms in total. The van der Waals surface area contributed by atoms with E-state index < -0.39 is 5.97 Å². The predicted molar refractivity (Wildman–Crippen MR) is 130 cm³/mol. The van der Waals surface area contributed by atoms with E-state index in [2.05, 4.69) is 13.0 Å². The number of carbonyl (C=O) groups excluding carboxylic acids is 1. The van der Waals surface area contributed by atoms with Crippen molar-refractivity contribution in [3.05, 3.63) is 89.2 Å². The second kappa shape index (κ2) is 11.7. The fraction of sp³-hybridized carbons (Fsp3) is 0.185. The van der Waals surface area contributed by atoms with Gasteiger partial charge in [0, 0.05) is 17.5 Å². The number of methoxy groups -OCH3 is 1. The van der Waals surface area contributed by atoms with Gasteiger partial charge < -0.3 is 24.7 Å². The molecule has 0 bridgehead atoms. The van der Waals surface area contributed by atoms with E-state index in [4.69, 9.17) is 29.5 Å². The SMILES string of the molecule is CCc1ccccc1OCc1cc2cc(C(=O)OC)cc(-c3cccc(CN)c3)c2o1.O=CO. The summed E-state index contributed by atoms with van der Waals surface area (Å²) in [5, 5.41) is 7.71. The van der Waals surface area contributed by atoms with E-state index in [1.165, 1.54) is 7.11 Å². The van der Waals surface area contributed by atoms with Crippen LogP contribution >= 0.6 is 0 Å². The van der Waals surface area contributed by atoms with Gasteiger partial charge in [0.1, 0.15) is 23.7 Å². The smallest absolute Gasteiger partial charge is 0.337 e. The molecule has 1 aromatic heterocycles. The summed E-state index contributed by atoms with van der Waals surface area (Å²) in [5.41, 5.74) is 10.9. The van der Waals surface area contributed by atoms with E-state index in [9.17, 15) is 4.79 Å². The first-order valence-corrected chi connectivity index (χ1v) is 10.8. The Morgan fingerprint density at radius 1 is 1.09 bits per heavy atom. The molecule has 0 aliphatic carbocycles. The maximum absolute atomic E-state index is 12.3. The van der Waals surface area contributed by atoms with Crippen LogP contribution in [0.15, 0.2) is 71.1 Å². The Morgan fingerprint density at radius 2 is 1.85 bits per heavy atom. The van der Waals surface area contributed by atoms with Gasteiger partial charge in [-0.05, 0) is 53.4 Å². The Labute approximate surface area is 197 Å². The highest BCUT2D eigenvalue weighted by atomic mass is 16.5. The number of furan rings is 1. The van der Waals surface area contributed by atoms with Gasteiger partial charge in [-0.2, -0.15) is 0 Å². The van der Waals surface area contributed by atoms with Gasteiger partial charge in [-0.3, -0.25) is 4.79 Å². The molecule has 3 aromatic carbocycles. The first kappa shape index (κ1) is 24.5. The van der Waals surface area contributed by atoms with Crippen LogP contribution < -0.4 is 10.5 Å². The number of nitrogens with two attached hydrogens (primary N) is 1. The van der Waals surface area contributed by atoms with Crippen molar-refractivity contribution < 1.29 is 28.6 Å². The normalized spacial score (nSPS) is 10.3. The van der Waals surface area contributed by atoms with Gasteiger partial charge in [-0.1, -0.05) is 43.3 Å². The number of ether oxygens (including phenoxy) is 2. The van der Waals surface area contributed by atoms with Gasteiger partial charge in [0.25, 0.3) is 6.47 Å². The lowest BCUT2D eigenvalue weighted by Crippen LogP contribution is -2.01. The number of aryl methyl sites for hydroxylation is 1. The van der Waals surface area contributed by atoms with E-state index in [0.717, 1.165) is 39.8 Å². The zero-order chi connectivity index (χ0) is 24.5. The average Bonchev–Trinajstić information content (AvgIpc) is 3.30. The molecule has 0 saturated heterocycles.